The number of hydrogen-bond acceptors (Lipinski definition) is 4. The van der Waals surface area contributed by atoms with Crippen LogP contribution in [0, 0.1) is 0 Å². The van der Waals surface area contributed by atoms with E-state index in [0.29, 0.717) is 16.8 Å². The van der Waals surface area contributed by atoms with Crippen LogP contribution in [0.3, 0.4) is 0 Å². The largest absolute Gasteiger partial charge is 0.449 e. The summed E-state index contributed by atoms with van der Waals surface area (Å²) in [6, 6.07) is 13.6. The molecule has 1 atom stereocenters. The van der Waals surface area contributed by atoms with Crippen molar-refractivity contribution < 1.29 is 19.1 Å². The Bertz CT molecular complexity index is 763. The van der Waals surface area contributed by atoms with E-state index in [-0.39, 0.29) is 5.78 Å². The van der Waals surface area contributed by atoms with Crippen molar-refractivity contribution in [2.45, 2.75) is 33.3 Å². The zero-order valence-electron chi connectivity index (χ0n) is 14.5. The standard InChI is InChI=1S/C20H21NO4/c1-4-15-5-7-17(8-6-15)20(24)25-14(3)19(23)21-18-11-9-16(10-12-18)13(2)22/h5-12,14H,4H2,1-3H3,(H,21,23)/t14-/m1/s1. The van der Waals surface area contributed by atoms with E-state index < -0.39 is 18.0 Å². The van der Waals surface area contributed by atoms with Crippen LogP contribution in [-0.2, 0) is 16.0 Å². The lowest BCUT2D eigenvalue weighted by Gasteiger charge is -2.14. The highest BCUT2D eigenvalue weighted by atomic mass is 16.5. The number of aryl methyl sites for hydroxylation is 1. The van der Waals surface area contributed by atoms with Crippen molar-refractivity contribution >= 4 is 23.3 Å². The van der Waals surface area contributed by atoms with Gasteiger partial charge in [-0.05, 0) is 62.2 Å². The van der Waals surface area contributed by atoms with Crippen molar-refractivity contribution in [1.82, 2.24) is 0 Å². The minimum atomic E-state index is -0.939. The van der Waals surface area contributed by atoms with Crippen LogP contribution in [0.25, 0.3) is 0 Å². The second-order valence-electron chi connectivity index (χ2n) is 5.72. The summed E-state index contributed by atoms with van der Waals surface area (Å²) >= 11 is 0. The van der Waals surface area contributed by atoms with Gasteiger partial charge in [0.25, 0.3) is 5.91 Å². The minimum absolute atomic E-state index is 0.0470. The molecule has 0 radical (unpaired) electrons. The molecule has 0 spiro atoms. The number of Topliss-reactive ketones (excluding diaryl/α,β-unsaturated/α-hetero) is 1. The van der Waals surface area contributed by atoms with Crippen molar-refractivity contribution in [3.05, 3.63) is 65.2 Å². The predicted octanol–water partition coefficient (Wildman–Crippen LogP) is 3.64. The van der Waals surface area contributed by atoms with Crippen LogP contribution in [0.15, 0.2) is 48.5 Å². The number of anilines is 1. The topological polar surface area (TPSA) is 72.5 Å². The van der Waals surface area contributed by atoms with Crippen LogP contribution >= 0.6 is 0 Å². The zero-order chi connectivity index (χ0) is 18.4. The highest BCUT2D eigenvalue weighted by molar-refractivity contribution is 5.98. The van der Waals surface area contributed by atoms with E-state index in [1.165, 1.54) is 13.8 Å². The maximum absolute atomic E-state index is 12.1. The van der Waals surface area contributed by atoms with Crippen molar-refractivity contribution in [3.8, 4) is 0 Å². The van der Waals surface area contributed by atoms with Gasteiger partial charge in [-0.25, -0.2) is 4.79 Å². The molecule has 130 valence electrons. The van der Waals surface area contributed by atoms with E-state index in [2.05, 4.69) is 5.32 Å². The lowest BCUT2D eigenvalue weighted by molar-refractivity contribution is -0.123. The molecule has 2 aromatic carbocycles. The molecule has 0 unspecified atom stereocenters. The Labute approximate surface area is 147 Å². The summed E-state index contributed by atoms with van der Waals surface area (Å²) in [6.45, 7) is 5.02. The summed E-state index contributed by atoms with van der Waals surface area (Å²) in [5.74, 6) is -1.03. The second-order valence-corrected chi connectivity index (χ2v) is 5.72. The fraction of sp³-hybridized carbons (Fsp3) is 0.250. The molecule has 0 aliphatic heterocycles. The monoisotopic (exact) mass is 339 g/mol. The number of nitrogens with one attached hydrogen (secondary N) is 1. The molecule has 0 heterocycles. The molecule has 2 rings (SSSR count). The average molecular weight is 339 g/mol. The van der Waals surface area contributed by atoms with Gasteiger partial charge in [0.15, 0.2) is 11.9 Å². The number of carbonyl (C=O) groups is 3. The fourth-order valence-electron chi connectivity index (χ4n) is 2.19. The van der Waals surface area contributed by atoms with E-state index in [1.807, 2.05) is 19.1 Å². The van der Waals surface area contributed by atoms with Gasteiger partial charge in [0.2, 0.25) is 0 Å². The average Bonchev–Trinajstić information content (AvgIpc) is 2.62. The van der Waals surface area contributed by atoms with Gasteiger partial charge in [0.05, 0.1) is 5.56 Å². The van der Waals surface area contributed by atoms with Crippen LogP contribution in [0.2, 0.25) is 0 Å². The number of carbonyl (C=O) groups excluding carboxylic acids is 3. The van der Waals surface area contributed by atoms with Gasteiger partial charge < -0.3 is 10.1 Å². The van der Waals surface area contributed by atoms with Crippen molar-refractivity contribution in [2.75, 3.05) is 5.32 Å². The third kappa shape index (κ3) is 5.01. The van der Waals surface area contributed by atoms with Crippen LogP contribution in [-0.4, -0.2) is 23.8 Å². The van der Waals surface area contributed by atoms with Crippen molar-refractivity contribution in [1.29, 1.82) is 0 Å². The Morgan fingerprint density at radius 1 is 0.960 bits per heavy atom. The summed E-state index contributed by atoms with van der Waals surface area (Å²) in [6.07, 6.45) is -0.0536. The van der Waals surface area contributed by atoms with Gasteiger partial charge in [0, 0.05) is 11.3 Å². The van der Waals surface area contributed by atoms with Crippen LogP contribution in [0.1, 0.15) is 47.1 Å². The summed E-state index contributed by atoms with van der Waals surface area (Å²) in [4.78, 5) is 35.5. The molecule has 0 saturated carbocycles. The quantitative estimate of drug-likeness (QED) is 0.644. The Balaban J connectivity index is 1.94. The first-order valence-electron chi connectivity index (χ1n) is 8.12. The molecule has 2 aromatic rings. The highest BCUT2D eigenvalue weighted by Gasteiger charge is 2.19. The van der Waals surface area contributed by atoms with Gasteiger partial charge in [-0.15, -0.1) is 0 Å². The number of hydrogen-bond donors (Lipinski definition) is 1. The van der Waals surface area contributed by atoms with Crippen LogP contribution < -0.4 is 5.32 Å². The molecule has 0 fully saturated rings. The Morgan fingerprint density at radius 2 is 1.52 bits per heavy atom. The molecule has 5 heteroatoms. The summed E-state index contributed by atoms with van der Waals surface area (Å²) in [5, 5.41) is 2.66. The first-order chi connectivity index (χ1) is 11.9. The molecule has 0 aliphatic carbocycles. The number of amides is 1. The molecule has 0 saturated heterocycles. The molecule has 1 amide bonds. The first-order valence-corrected chi connectivity index (χ1v) is 8.12. The van der Waals surface area contributed by atoms with Gasteiger partial charge in [-0.2, -0.15) is 0 Å². The van der Waals surface area contributed by atoms with Gasteiger partial charge in [0.1, 0.15) is 0 Å². The fourth-order valence-corrected chi connectivity index (χ4v) is 2.19. The summed E-state index contributed by atoms with van der Waals surface area (Å²) in [5.41, 5.74) is 2.62. The van der Waals surface area contributed by atoms with Crippen LogP contribution in [0.4, 0.5) is 5.69 Å². The van der Waals surface area contributed by atoms with E-state index in [0.717, 1.165) is 12.0 Å². The number of rotatable bonds is 6. The lowest BCUT2D eigenvalue weighted by atomic mass is 10.1. The number of esters is 1. The highest BCUT2D eigenvalue weighted by Crippen LogP contribution is 2.12. The Kier molecular flexibility index (Phi) is 6.06. The number of benzene rings is 2. The molecule has 1 N–H and O–H groups in total. The van der Waals surface area contributed by atoms with Crippen LogP contribution in [0.5, 0.6) is 0 Å². The maximum atomic E-state index is 12.1. The SMILES string of the molecule is CCc1ccc(C(=O)O[C@H](C)C(=O)Nc2ccc(C(C)=O)cc2)cc1. The third-order valence-corrected chi connectivity index (χ3v) is 3.81. The molecule has 5 nitrogen and oxygen atoms in total. The molecular formula is C20H21NO4. The van der Waals surface area contributed by atoms with E-state index in [4.69, 9.17) is 4.74 Å². The Morgan fingerprint density at radius 3 is 2.04 bits per heavy atom. The molecule has 0 bridgehead atoms. The lowest BCUT2D eigenvalue weighted by Crippen LogP contribution is -2.30. The molecule has 0 aromatic heterocycles. The molecule has 25 heavy (non-hydrogen) atoms. The molecule has 0 aliphatic rings. The van der Waals surface area contributed by atoms with Gasteiger partial charge >= 0.3 is 5.97 Å². The van der Waals surface area contributed by atoms with Gasteiger partial charge in [-0.3, -0.25) is 9.59 Å². The predicted molar refractivity (Wildman–Crippen MR) is 95.8 cm³/mol. The minimum Gasteiger partial charge on any atom is -0.449 e. The summed E-state index contributed by atoms with van der Waals surface area (Å²) in [7, 11) is 0. The van der Waals surface area contributed by atoms with Crippen molar-refractivity contribution in [3.63, 3.8) is 0 Å². The Hall–Kier alpha value is -2.95. The normalized spacial score (nSPS) is 11.5. The zero-order valence-corrected chi connectivity index (χ0v) is 14.5. The van der Waals surface area contributed by atoms with E-state index >= 15 is 0 Å². The number of ether oxygens (including phenoxy) is 1. The smallest absolute Gasteiger partial charge is 0.338 e. The second kappa shape index (κ2) is 8.24. The molecular weight excluding hydrogens is 318 g/mol. The third-order valence-electron chi connectivity index (χ3n) is 3.81. The van der Waals surface area contributed by atoms with E-state index in [1.54, 1.807) is 36.4 Å². The first kappa shape index (κ1) is 18.4. The van der Waals surface area contributed by atoms with Crippen molar-refractivity contribution in [2.24, 2.45) is 0 Å². The van der Waals surface area contributed by atoms with Gasteiger partial charge in [-0.1, -0.05) is 19.1 Å². The maximum Gasteiger partial charge on any atom is 0.338 e. The number of ketones is 1. The summed E-state index contributed by atoms with van der Waals surface area (Å²) < 4.78 is 5.20. The van der Waals surface area contributed by atoms with E-state index in [9.17, 15) is 14.4 Å².